The highest BCUT2D eigenvalue weighted by molar-refractivity contribution is 5.67. The molecule has 0 bridgehead atoms. The number of hydrogen-bond acceptors (Lipinski definition) is 4. The Bertz CT molecular complexity index is 117. The molecule has 1 rings (SSSR count). The standard InChI is InChI=1S/C5H8O5/c6-5(7)3-4-1-2-8-10-9-4/h4H,1-3H2,(H,6,7). The van der Waals surface area contributed by atoms with Gasteiger partial charge in [0.25, 0.3) is 0 Å². The van der Waals surface area contributed by atoms with Crippen LogP contribution in [-0.2, 0) is 19.6 Å². The van der Waals surface area contributed by atoms with E-state index in [1.54, 1.807) is 0 Å². The Kier molecular flexibility index (Phi) is 2.61. The Balaban J connectivity index is 2.19. The minimum absolute atomic E-state index is 0.0383. The predicted octanol–water partition coefficient (Wildman–Crippen LogP) is 0.113. The van der Waals surface area contributed by atoms with Crippen molar-refractivity contribution in [3.8, 4) is 0 Å². The third-order valence-electron chi connectivity index (χ3n) is 1.15. The number of hydrogen-bond donors (Lipinski definition) is 1. The molecule has 0 aliphatic carbocycles. The summed E-state index contributed by atoms with van der Waals surface area (Å²) in [6, 6.07) is 0. The van der Waals surface area contributed by atoms with E-state index in [0.717, 1.165) is 0 Å². The van der Waals surface area contributed by atoms with Gasteiger partial charge in [-0.25, -0.2) is 9.78 Å². The van der Waals surface area contributed by atoms with Crippen LogP contribution >= 0.6 is 0 Å². The van der Waals surface area contributed by atoms with Gasteiger partial charge >= 0.3 is 5.97 Å². The molecule has 0 aromatic rings. The molecule has 0 amide bonds. The smallest absolute Gasteiger partial charge is 0.306 e. The van der Waals surface area contributed by atoms with Gasteiger partial charge in [-0.2, -0.15) is 0 Å². The Morgan fingerprint density at radius 3 is 3.00 bits per heavy atom. The molecule has 5 nitrogen and oxygen atoms in total. The van der Waals surface area contributed by atoms with Crippen molar-refractivity contribution >= 4 is 5.97 Å². The van der Waals surface area contributed by atoms with Crippen LogP contribution in [0.5, 0.6) is 0 Å². The summed E-state index contributed by atoms with van der Waals surface area (Å²) >= 11 is 0. The van der Waals surface area contributed by atoms with Crippen molar-refractivity contribution in [2.45, 2.75) is 18.9 Å². The van der Waals surface area contributed by atoms with Crippen LogP contribution in [-0.4, -0.2) is 23.8 Å². The first-order chi connectivity index (χ1) is 4.79. The van der Waals surface area contributed by atoms with E-state index in [9.17, 15) is 4.79 Å². The molecule has 5 heteroatoms. The van der Waals surface area contributed by atoms with E-state index in [4.69, 9.17) is 5.11 Å². The summed E-state index contributed by atoms with van der Waals surface area (Å²) in [5.74, 6) is -0.893. The van der Waals surface area contributed by atoms with Crippen LogP contribution in [0.3, 0.4) is 0 Å². The monoisotopic (exact) mass is 148 g/mol. The van der Waals surface area contributed by atoms with Gasteiger partial charge in [-0.1, -0.05) is 5.04 Å². The lowest BCUT2D eigenvalue weighted by Gasteiger charge is -2.17. The van der Waals surface area contributed by atoms with Crippen molar-refractivity contribution in [2.24, 2.45) is 0 Å². The lowest BCUT2D eigenvalue weighted by Crippen LogP contribution is -2.24. The van der Waals surface area contributed by atoms with E-state index in [0.29, 0.717) is 13.0 Å². The zero-order valence-electron chi connectivity index (χ0n) is 5.28. The van der Waals surface area contributed by atoms with Crippen LogP contribution in [0.25, 0.3) is 0 Å². The van der Waals surface area contributed by atoms with Crippen LogP contribution in [0, 0.1) is 0 Å². The second kappa shape index (κ2) is 3.50. The van der Waals surface area contributed by atoms with E-state index < -0.39 is 5.97 Å². The molecule has 1 aliphatic heterocycles. The number of carboxylic acids is 1. The first-order valence-corrected chi connectivity index (χ1v) is 2.96. The van der Waals surface area contributed by atoms with Crippen LogP contribution in [0.15, 0.2) is 0 Å². The average Bonchev–Trinajstić information content (AvgIpc) is 1.88. The highest BCUT2D eigenvalue weighted by Crippen LogP contribution is 2.10. The highest BCUT2D eigenvalue weighted by atomic mass is 17.5. The van der Waals surface area contributed by atoms with E-state index in [2.05, 4.69) is 14.8 Å². The van der Waals surface area contributed by atoms with E-state index >= 15 is 0 Å². The molecular formula is C5H8O5. The normalized spacial score (nSPS) is 26.2. The zero-order valence-corrected chi connectivity index (χ0v) is 5.28. The molecule has 1 atom stereocenters. The number of rotatable bonds is 2. The van der Waals surface area contributed by atoms with Crippen molar-refractivity contribution in [2.75, 3.05) is 6.61 Å². The predicted molar refractivity (Wildman–Crippen MR) is 28.8 cm³/mol. The van der Waals surface area contributed by atoms with Gasteiger partial charge in [-0.15, -0.1) is 0 Å². The summed E-state index contributed by atoms with van der Waals surface area (Å²) in [5, 5.41) is 12.4. The molecule has 1 heterocycles. The molecule has 1 aliphatic rings. The highest BCUT2D eigenvalue weighted by Gasteiger charge is 2.18. The second-order valence-electron chi connectivity index (χ2n) is 1.99. The van der Waals surface area contributed by atoms with E-state index in [1.165, 1.54) is 0 Å². The molecule has 1 fully saturated rings. The summed E-state index contributed by atoms with van der Waals surface area (Å²) in [5.41, 5.74) is 0. The summed E-state index contributed by atoms with van der Waals surface area (Å²) < 4.78 is 0. The molecule has 0 radical (unpaired) electrons. The van der Waals surface area contributed by atoms with Crippen molar-refractivity contribution in [3.63, 3.8) is 0 Å². The second-order valence-corrected chi connectivity index (χ2v) is 1.99. The van der Waals surface area contributed by atoms with Gasteiger partial charge in [0, 0.05) is 6.42 Å². The van der Waals surface area contributed by atoms with Crippen molar-refractivity contribution in [1.82, 2.24) is 0 Å². The molecule has 0 spiro atoms. The van der Waals surface area contributed by atoms with Gasteiger partial charge in [0.15, 0.2) is 0 Å². The third-order valence-corrected chi connectivity index (χ3v) is 1.15. The maximum atomic E-state index is 10.1. The van der Waals surface area contributed by atoms with Crippen LogP contribution in [0.4, 0.5) is 0 Å². The van der Waals surface area contributed by atoms with Crippen LogP contribution in [0.2, 0.25) is 0 Å². The van der Waals surface area contributed by atoms with Crippen molar-refractivity contribution in [1.29, 1.82) is 0 Å². The maximum absolute atomic E-state index is 10.1. The quantitative estimate of drug-likeness (QED) is 0.563. The van der Waals surface area contributed by atoms with Gasteiger partial charge in [0.2, 0.25) is 0 Å². The first-order valence-electron chi connectivity index (χ1n) is 2.96. The molecule has 10 heavy (non-hydrogen) atoms. The molecule has 1 N–H and O–H groups in total. The molecule has 1 saturated heterocycles. The fourth-order valence-corrected chi connectivity index (χ4v) is 0.676. The van der Waals surface area contributed by atoms with Gasteiger partial charge < -0.3 is 5.11 Å². The molecule has 58 valence electrons. The zero-order chi connectivity index (χ0) is 7.40. The Morgan fingerprint density at radius 1 is 1.70 bits per heavy atom. The molecule has 1 unspecified atom stereocenters. The number of carboxylic acid groups (broad SMARTS) is 1. The fourth-order valence-electron chi connectivity index (χ4n) is 0.676. The molecular weight excluding hydrogens is 140 g/mol. The largest absolute Gasteiger partial charge is 0.481 e. The van der Waals surface area contributed by atoms with Gasteiger partial charge in [0.1, 0.15) is 6.10 Å². The summed E-state index contributed by atoms with van der Waals surface area (Å²) in [6.07, 6.45) is 0.154. The average molecular weight is 148 g/mol. The Labute approximate surface area is 57.3 Å². The van der Waals surface area contributed by atoms with Gasteiger partial charge in [-0.3, -0.25) is 4.79 Å². The summed E-state index contributed by atoms with van der Waals surface area (Å²) in [7, 11) is 0. The summed E-state index contributed by atoms with van der Waals surface area (Å²) in [4.78, 5) is 18.9. The summed E-state index contributed by atoms with van der Waals surface area (Å²) in [6.45, 7) is 0.387. The maximum Gasteiger partial charge on any atom is 0.306 e. The molecule has 0 aromatic carbocycles. The Morgan fingerprint density at radius 2 is 2.50 bits per heavy atom. The minimum Gasteiger partial charge on any atom is -0.481 e. The minimum atomic E-state index is -0.893. The van der Waals surface area contributed by atoms with Crippen molar-refractivity contribution in [3.05, 3.63) is 0 Å². The van der Waals surface area contributed by atoms with E-state index in [1.807, 2.05) is 0 Å². The van der Waals surface area contributed by atoms with Gasteiger partial charge in [-0.05, 0) is 0 Å². The number of aliphatic carboxylic acids is 1. The Hall–Kier alpha value is -0.650. The van der Waals surface area contributed by atoms with Crippen molar-refractivity contribution < 1.29 is 24.7 Å². The fraction of sp³-hybridized carbons (Fsp3) is 0.800. The van der Waals surface area contributed by atoms with E-state index in [-0.39, 0.29) is 12.5 Å². The van der Waals surface area contributed by atoms with Crippen LogP contribution in [0.1, 0.15) is 12.8 Å². The lowest BCUT2D eigenvalue weighted by molar-refractivity contribution is -0.548. The lowest BCUT2D eigenvalue weighted by atomic mass is 10.2. The number of carbonyl (C=O) groups is 1. The third kappa shape index (κ3) is 2.30. The van der Waals surface area contributed by atoms with Crippen LogP contribution < -0.4 is 0 Å². The molecule has 0 aromatic heterocycles. The molecule has 0 saturated carbocycles. The first kappa shape index (κ1) is 7.46. The topological polar surface area (TPSA) is 65.0 Å². The SMILES string of the molecule is O=C(O)CC1CCOOO1. The van der Waals surface area contributed by atoms with Gasteiger partial charge in [0.05, 0.1) is 13.0 Å².